The number of esters is 1. The number of hydrogen-bond acceptors (Lipinski definition) is 4. The fourth-order valence-corrected chi connectivity index (χ4v) is 2.19. The summed E-state index contributed by atoms with van der Waals surface area (Å²) in [6.45, 7) is 1.22. The Hall–Kier alpha value is -2.53. The van der Waals surface area contributed by atoms with Gasteiger partial charge >= 0.3 is 5.97 Å². The van der Waals surface area contributed by atoms with Crippen molar-refractivity contribution in [3.8, 4) is 5.75 Å². The first kappa shape index (κ1) is 17.8. The van der Waals surface area contributed by atoms with Gasteiger partial charge in [0, 0.05) is 5.02 Å². The lowest BCUT2D eigenvalue weighted by atomic mass is 10.1. The third kappa shape index (κ3) is 5.93. The lowest BCUT2D eigenvalue weighted by molar-refractivity contribution is -0.150. The maximum absolute atomic E-state index is 11.8. The van der Waals surface area contributed by atoms with Gasteiger partial charge in [-0.05, 0) is 36.8 Å². The molecule has 0 aliphatic heterocycles. The van der Waals surface area contributed by atoms with Gasteiger partial charge < -0.3 is 14.8 Å². The van der Waals surface area contributed by atoms with Crippen LogP contribution >= 0.6 is 11.6 Å². The van der Waals surface area contributed by atoms with Gasteiger partial charge in [-0.2, -0.15) is 0 Å². The van der Waals surface area contributed by atoms with Crippen LogP contribution in [0.15, 0.2) is 54.6 Å². The van der Waals surface area contributed by atoms with Gasteiger partial charge in [0.05, 0.1) is 6.04 Å². The van der Waals surface area contributed by atoms with Crippen LogP contribution in [0.1, 0.15) is 18.5 Å². The van der Waals surface area contributed by atoms with Crippen LogP contribution < -0.4 is 10.1 Å². The summed E-state index contributed by atoms with van der Waals surface area (Å²) in [5.74, 6) is -0.437. The van der Waals surface area contributed by atoms with Crippen LogP contribution in [0.3, 0.4) is 0 Å². The summed E-state index contributed by atoms with van der Waals surface area (Å²) < 4.78 is 10.1. The van der Waals surface area contributed by atoms with E-state index >= 15 is 0 Å². The van der Waals surface area contributed by atoms with Crippen LogP contribution in [0, 0.1) is 0 Å². The fourth-order valence-electron chi connectivity index (χ4n) is 1.99. The molecule has 0 aromatic heterocycles. The molecule has 5 nitrogen and oxygen atoms in total. The van der Waals surface area contributed by atoms with E-state index in [-0.39, 0.29) is 19.3 Å². The number of carbonyl (C=O) groups is 2. The van der Waals surface area contributed by atoms with E-state index in [0.29, 0.717) is 10.8 Å². The zero-order valence-corrected chi connectivity index (χ0v) is 14.0. The molecule has 1 amide bonds. The van der Waals surface area contributed by atoms with Crippen molar-refractivity contribution in [1.29, 1.82) is 0 Å². The number of halogens is 1. The number of ether oxygens (including phenoxy) is 2. The largest absolute Gasteiger partial charge is 0.482 e. The molecule has 126 valence electrons. The van der Waals surface area contributed by atoms with Crippen molar-refractivity contribution in [1.82, 2.24) is 5.32 Å². The monoisotopic (exact) mass is 347 g/mol. The maximum Gasteiger partial charge on any atom is 0.344 e. The molecule has 0 aliphatic rings. The highest BCUT2D eigenvalue weighted by Crippen LogP contribution is 2.17. The van der Waals surface area contributed by atoms with Crippen LogP contribution in [0.2, 0.25) is 5.02 Å². The molecule has 0 saturated heterocycles. The predicted molar refractivity (Wildman–Crippen MR) is 90.9 cm³/mol. The maximum atomic E-state index is 11.8. The Kier molecular flexibility index (Phi) is 6.63. The van der Waals surface area contributed by atoms with Crippen molar-refractivity contribution >= 4 is 23.5 Å². The molecule has 1 N–H and O–H groups in total. The molecule has 0 heterocycles. The number of hydrogen-bond donors (Lipinski definition) is 1. The van der Waals surface area contributed by atoms with Gasteiger partial charge in [0.2, 0.25) is 0 Å². The first-order valence-electron chi connectivity index (χ1n) is 7.43. The van der Waals surface area contributed by atoms with Crippen molar-refractivity contribution in [2.24, 2.45) is 0 Å². The Morgan fingerprint density at radius 3 is 2.54 bits per heavy atom. The Balaban J connectivity index is 1.71. The Bertz CT molecular complexity index is 690. The standard InChI is InChI=1S/C18H18ClNO4/c1-13(14-6-5-7-15(19)10-14)20-17(21)11-24-18(22)12-23-16-8-3-2-4-9-16/h2-10,13H,11-12H2,1H3,(H,20,21)/t13-/m0/s1. The summed E-state index contributed by atoms with van der Waals surface area (Å²) in [4.78, 5) is 23.4. The van der Waals surface area contributed by atoms with Gasteiger partial charge in [0.25, 0.3) is 5.91 Å². The van der Waals surface area contributed by atoms with Gasteiger partial charge in [0.15, 0.2) is 13.2 Å². The summed E-state index contributed by atoms with van der Waals surface area (Å²) in [5.41, 5.74) is 0.870. The second kappa shape index (κ2) is 8.93. The summed E-state index contributed by atoms with van der Waals surface area (Å²) in [5, 5.41) is 3.33. The molecule has 0 spiro atoms. The quantitative estimate of drug-likeness (QED) is 0.781. The van der Waals surface area contributed by atoms with Crippen LogP contribution in [0.5, 0.6) is 5.75 Å². The summed E-state index contributed by atoms with van der Waals surface area (Å²) in [6, 6.07) is 15.8. The highest BCUT2D eigenvalue weighted by Gasteiger charge is 2.12. The number of para-hydroxylation sites is 1. The van der Waals surface area contributed by atoms with E-state index in [0.717, 1.165) is 5.56 Å². The molecule has 0 fully saturated rings. The van der Waals surface area contributed by atoms with E-state index in [2.05, 4.69) is 5.32 Å². The number of benzene rings is 2. The molecular weight excluding hydrogens is 330 g/mol. The molecule has 24 heavy (non-hydrogen) atoms. The summed E-state index contributed by atoms with van der Waals surface area (Å²) in [6.07, 6.45) is 0. The third-order valence-electron chi connectivity index (χ3n) is 3.19. The van der Waals surface area contributed by atoms with Crippen molar-refractivity contribution in [3.63, 3.8) is 0 Å². The number of amides is 1. The van der Waals surface area contributed by atoms with E-state index in [1.54, 1.807) is 42.5 Å². The Labute approximate surface area is 145 Å². The van der Waals surface area contributed by atoms with E-state index in [9.17, 15) is 9.59 Å². The zero-order chi connectivity index (χ0) is 17.4. The predicted octanol–water partition coefficient (Wildman–Crippen LogP) is 3.14. The highest BCUT2D eigenvalue weighted by atomic mass is 35.5. The van der Waals surface area contributed by atoms with Crippen LogP contribution in [0.4, 0.5) is 0 Å². The highest BCUT2D eigenvalue weighted by molar-refractivity contribution is 6.30. The second-order valence-corrected chi connectivity index (χ2v) is 5.54. The van der Waals surface area contributed by atoms with E-state index in [1.165, 1.54) is 0 Å². The van der Waals surface area contributed by atoms with E-state index < -0.39 is 11.9 Å². The van der Waals surface area contributed by atoms with Gasteiger partial charge in [-0.25, -0.2) is 4.79 Å². The summed E-state index contributed by atoms with van der Waals surface area (Å²) >= 11 is 5.92. The topological polar surface area (TPSA) is 64.6 Å². The number of carbonyl (C=O) groups excluding carboxylic acids is 2. The SMILES string of the molecule is C[C@H](NC(=O)COC(=O)COc1ccccc1)c1cccc(Cl)c1. The van der Waals surface area contributed by atoms with Crippen molar-refractivity contribution < 1.29 is 19.1 Å². The molecule has 0 unspecified atom stereocenters. The minimum Gasteiger partial charge on any atom is -0.482 e. The van der Waals surface area contributed by atoms with Crippen LogP contribution in [0.25, 0.3) is 0 Å². The molecule has 6 heteroatoms. The third-order valence-corrected chi connectivity index (χ3v) is 3.43. The zero-order valence-electron chi connectivity index (χ0n) is 13.2. The molecule has 2 aromatic carbocycles. The number of rotatable bonds is 7. The molecule has 0 radical (unpaired) electrons. The van der Waals surface area contributed by atoms with Crippen molar-refractivity contribution in [2.45, 2.75) is 13.0 Å². The lowest BCUT2D eigenvalue weighted by Gasteiger charge is -2.14. The van der Waals surface area contributed by atoms with Crippen molar-refractivity contribution in [3.05, 3.63) is 65.2 Å². The molecular formula is C18H18ClNO4. The molecule has 0 aliphatic carbocycles. The molecule has 0 bridgehead atoms. The average Bonchev–Trinajstić information content (AvgIpc) is 2.59. The van der Waals surface area contributed by atoms with Gasteiger partial charge in [-0.15, -0.1) is 0 Å². The van der Waals surface area contributed by atoms with Crippen LogP contribution in [-0.4, -0.2) is 25.1 Å². The minimum atomic E-state index is -0.607. The van der Waals surface area contributed by atoms with Gasteiger partial charge in [0.1, 0.15) is 5.75 Å². The molecule has 2 rings (SSSR count). The van der Waals surface area contributed by atoms with E-state index in [4.69, 9.17) is 21.1 Å². The average molecular weight is 348 g/mol. The smallest absolute Gasteiger partial charge is 0.344 e. The van der Waals surface area contributed by atoms with E-state index in [1.807, 2.05) is 19.1 Å². The Morgan fingerprint density at radius 1 is 1.08 bits per heavy atom. The van der Waals surface area contributed by atoms with Gasteiger partial charge in [-0.3, -0.25) is 4.79 Å². The summed E-state index contributed by atoms with van der Waals surface area (Å²) in [7, 11) is 0. The minimum absolute atomic E-state index is 0.240. The first-order chi connectivity index (χ1) is 11.5. The normalized spacial score (nSPS) is 11.4. The lowest BCUT2D eigenvalue weighted by Crippen LogP contribution is -2.31. The molecule has 2 aromatic rings. The molecule has 1 atom stereocenters. The molecule has 0 saturated carbocycles. The number of nitrogens with one attached hydrogen (secondary N) is 1. The van der Waals surface area contributed by atoms with Crippen LogP contribution in [-0.2, 0) is 14.3 Å². The van der Waals surface area contributed by atoms with Crippen molar-refractivity contribution in [2.75, 3.05) is 13.2 Å². The fraction of sp³-hybridized carbons (Fsp3) is 0.222. The van der Waals surface area contributed by atoms with Gasteiger partial charge in [-0.1, -0.05) is 41.9 Å². The Morgan fingerprint density at radius 2 is 1.83 bits per heavy atom. The first-order valence-corrected chi connectivity index (χ1v) is 7.80. The second-order valence-electron chi connectivity index (χ2n) is 5.11.